The first kappa shape index (κ1) is 12.4. The lowest BCUT2D eigenvalue weighted by molar-refractivity contribution is 0.316. The van der Waals surface area contributed by atoms with Gasteiger partial charge in [0.05, 0.1) is 0 Å². The van der Waals surface area contributed by atoms with E-state index in [1.807, 2.05) is 0 Å². The van der Waals surface area contributed by atoms with Crippen LogP contribution in [0.3, 0.4) is 0 Å². The van der Waals surface area contributed by atoms with Gasteiger partial charge in [0, 0.05) is 18.8 Å². The first-order valence-corrected chi connectivity index (χ1v) is 6.91. The Balaban J connectivity index is 1.83. The summed E-state index contributed by atoms with van der Waals surface area (Å²) in [5.41, 5.74) is 4.40. The topological polar surface area (TPSA) is 15.3 Å². The zero-order valence-electron chi connectivity index (χ0n) is 11.1. The third-order valence-corrected chi connectivity index (χ3v) is 3.75. The second-order valence-electron chi connectivity index (χ2n) is 4.79. The Morgan fingerprint density at radius 3 is 2.65 bits per heavy atom. The fourth-order valence-electron chi connectivity index (χ4n) is 2.58. The minimum Gasteiger partial charge on any atom is -0.384 e. The van der Waals surface area contributed by atoms with Crippen LogP contribution in [0.2, 0.25) is 0 Å². The van der Waals surface area contributed by atoms with Gasteiger partial charge < -0.3 is 10.2 Å². The maximum absolute atomic E-state index is 3.53. The van der Waals surface area contributed by atoms with Gasteiger partial charge >= 0.3 is 0 Å². The molecular weight excluding hydrogens is 208 g/mol. The van der Waals surface area contributed by atoms with Crippen LogP contribution in [-0.4, -0.2) is 31.1 Å². The molecule has 0 amide bonds. The van der Waals surface area contributed by atoms with Crippen LogP contribution in [0.5, 0.6) is 0 Å². The standard InChI is InChI=1S/C15H24N2/c1-3-17(4-2)11-10-16-15-9-8-13-6-5-7-14(13)12-15/h8-9,12,16H,3-7,10-11H2,1-2H3. The summed E-state index contributed by atoms with van der Waals surface area (Å²) in [5.74, 6) is 0. The second kappa shape index (κ2) is 6.06. The molecular formula is C15H24N2. The summed E-state index contributed by atoms with van der Waals surface area (Å²) in [6.07, 6.45) is 3.87. The van der Waals surface area contributed by atoms with Gasteiger partial charge in [-0.25, -0.2) is 0 Å². The van der Waals surface area contributed by atoms with Crippen molar-refractivity contribution in [2.75, 3.05) is 31.5 Å². The smallest absolute Gasteiger partial charge is 0.0343 e. The SMILES string of the molecule is CCN(CC)CCNc1ccc2c(c1)CCC2. The van der Waals surface area contributed by atoms with Crippen LogP contribution in [0.25, 0.3) is 0 Å². The van der Waals surface area contributed by atoms with E-state index in [0.717, 1.165) is 26.2 Å². The predicted octanol–water partition coefficient (Wildman–Crippen LogP) is 2.93. The summed E-state index contributed by atoms with van der Waals surface area (Å²) in [6, 6.07) is 6.86. The molecule has 0 unspecified atom stereocenters. The van der Waals surface area contributed by atoms with Crippen molar-refractivity contribution in [3.63, 3.8) is 0 Å². The van der Waals surface area contributed by atoms with Gasteiger partial charge in [0.15, 0.2) is 0 Å². The number of nitrogens with zero attached hydrogens (tertiary/aromatic N) is 1. The highest BCUT2D eigenvalue weighted by Gasteiger charge is 2.10. The Labute approximate surface area is 105 Å². The maximum atomic E-state index is 3.53. The summed E-state index contributed by atoms with van der Waals surface area (Å²) in [7, 11) is 0. The molecule has 1 aliphatic rings. The minimum atomic E-state index is 1.04. The van der Waals surface area contributed by atoms with E-state index in [2.05, 4.69) is 42.3 Å². The van der Waals surface area contributed by atoms with Gasteiger partial charge in [-0.15, -0.1) is 0 Å². The highest BCUT2D eigenvalue weighted by atomic mass is 15.1. The van der Waals surface area contributed by atoms with Gasteiger partial charge in [-0.05, 0) is 55.6 Å². The molecule has 94 valence electrons. The quantitative estimate of drug-likeness (QED) is 0.811. The molecule has 0 aliphatic heterocycles. The number of fused-ring (bicyclic) bond motifs is 1. The van der Waals surface area contributed by atoms with Crippen LogP contribution in [0, 0.1) is 0 Å². The molecule has 0 spiro atoms. The zero-order valence-corrected chi connectivity index (χ0v) is 11.1. The fraction of sp³-hybridized carbons (Fsp3) is 0.600. The number of anilines is 1. The number of benzene rings is 1. The molecule has 1 N–H and O–H groups in total. The molecule has 0 atom stereocenters. The third-order valence-electron chi connectivity index (χ3n) is 3.75. The summed E-state index contributed by atoms with van der Waals surface area (Å²) >= 11 is 0. The van der Waals surface area contributed by atoms with Crippen molar-refractivity contribution >= 4 is 5.69 Å². The van der Waals surface area contributed by atoms with Gasteiger partial charge in [0.25, 0.3) is 0 Å². The van der Waals surface area contributed by atoms with Crippen molar-refractivity contribution in [1.82, 2.24) is 4.90 Å². The number of aryl methyl sites for hydroxylation is 2. The molecule has 2 heteroatoms. The number of hydrogen-bond acceptors (Lipinski definition) is 2. The zero-order chi connectivity index (χ0) is 12.1. The molecule has 0 heterocycles. The van der Waals surface area contributed by atoms with Crippen molar-refractivity contribution in [2.45, 2.75) is 33.1 Å². The first-order chi connectivity index (χ1) is 8.33. The molecule has 0 aromatic heterocycles. The molecule has 1 aromatic rings. The van der Waals surface area contributed by atoms with Crippen molar-refractivity contribution in [2.24, 2.45) is 0 Å². The molecule has 0 fully saturated rings. The lowest BCUT2D eigenvalue weighted by Crippen LogP contribution is -2.28. The van der Waals surface area contributed by atoms with Crippen LogP contribution in [-0.2, 0) is 12.8 Å². The van der Waals surface area contributed by atoms with Crippen molar-refractivity contribution in [3.8, 4) is 0 Å². The summed E-state index contributed by atoms with van der Waals surface area (Å²) < 4.78 is 0. The van der Waals surface area contributed by atoms with Gasteiger partial charge in [-0.3, -0.25) is 0 Å². The molecule has 1 aliphatic carbocycles. The van der Waals surface area contributed by atoms with E-state index in [0.29, 0.717) is 0 Å². The Hall–Kier alpha value is -1.02. The minimum absolute atomic E-state index is 1.04. The lowest BCUT2D eigenvalue weighted by atomic mass is 10.1. The molecule has 2 rings (SSSR count). The number of hydrogen-bond donors (Lipinski definition) is 1. The average molecular weight is 232 g/mol. The summed E-state index contributed by atoms with van der Waals surface area (Å²) in [6.45, 7) is 8.90. The van der Waals surface area contributed by atoms with Crippen LogP contribution in [0.15, 0.2) is 18.2 Å². The van der Waals surface area contributed by atoms with Gasteiger partial charge in [0.1, 0.15) is 0 Å². The van der Waals surface area contributed by atoms with E-state index in [1.165, 1.54) is 24.9 Å². The Kier molecular flexibility index (Phi) is 4.43. The van der Waals surface area contributed by atoms with E-state index in [-0.39, 0.29) is 0 Å². The Morgan fingerprint density at radius 2 is 1.88 bits per heavy atom. The lowest BCUT2D eigenvalue weighted by Gasteiger charge is -2.18. The highest BCUT2D eigenvalue weighted by molar-refractivity contribution is 5.50. The molecule has 0 bridgehead atoms. The fourth-order valence-corrected chi connectivity index (χ4v) is 2.58. The van der Waals surface area contributed by atoms with E-state index in [4.69, 9.17) is 0 Å². The van der Waals surface area contributed by atoms with Gasteiger partial charge in [0.2, 0.25) is 0 Å². The molecule has 0 saturated carbocycles. The highest BCUT2D eigenvalue weighted by Crippen LogP contribution is 2.24. The van der Waals surface area contributed by atoms with Gasteiger partial charge in [-0.2, -0.15) is 0 Å². The van der Waals surface area contributed by atoms with E-state index >= 15 is 0 Å². The van der Waals surface area contributed by atoms with Crippen LogP contribution in [0.4, 0.5) is 5.69 Å². The normalized spacial score (nSPS) is 14.1. The number of likely N-dealkylation sites (N-methyl/N-ethyl adjacent to an activating group) is 1. The van der Waals surface area contributed by atoms with E-state index < -0.39 is 0 Å². The summed E-state index contributed by atoms with van der Waals surface area (Å²) in [4.78, 5) is 2.44. The van der Waals surface area contributed by atoms with Crippen molar-refractivity contribution in [1.29, 1.82) is 0 Å². The number of nitrogens with one attached hydrogen (secondary N) is 1. The Morgan fingerprint density at radius 1 is 1.12 bits per heavy atom. The molecule has 1 aromatic carbocycles. The second-order valence-corrected chi connectivity index (χ2v) is 4.79. The van der Waals surface area contributed by atoms with E-state index in [1.54, 1.807) is 11.1 Å². The molecule has 0 saturated heterocycles. The Bertz CT molecular complexity index is 356. The van der Waals surface area contributed by atoms with Crippen molar-refractivity contribution < 1.29 is 0 Å². The predicted molar refractivity (Wildman–Crippen MR) is 74.7 cm³/mol. The maximum Gasteiger partial charge on any atom is 0.0343 e. The summed E-state index contributed by atoms with van der Waals surface area (Å²) in [5, 5.41) is 3.53. The first-order valence-electron chi connectivity index (χ1n) is 6.91. The van der Waals surface area contributed by atoms with Crippen LogP contribution < -0.4 is 5.32 Å². The number of rotatable bonds is 6. The largest absolute Gasteiger partial charge is 0.384 e. The molecule has 17 heavy (non-hydrogen) atoms. The molecule has 0 radical (unpaired) electrons. The monoisotopic (exact) mass is 232 g/mol. The van der Waals surface area contributed by atoms with Crippen LogP contribution >= 0.6 is 0 Å². The van der Waals surface area contributed by atoms with Crippen molar-refractivity contribution in [3.05, 3.63) is 29.3 Å². The average Bonchev–Trinajstić information content (AvgIpc) is 2.82. The third kappa shape index (κ3) is 3.22. The van der Waals surface area contributed by atoms with E-state index in [9.17, 15) is 0 Å². The van der Waals surface area contributed by atoms with Gasteiger partial charge in [-0.1, -0.05) is 19.9 Å². The van der Waals surface area contributed by atoms with Crippen LogP contribution in [0.1, 0.15) is 31.4 Å². The molecule has 2 nitrogen and oxygen atoms in total.